The maximum absolute atomic E-state index is 11.9. The van der Waals surface area contributed by atoms with E-state index in [9.17, 15) is 9.59 Å². The van der Waals surface area contributed by atoms with Crippen LogP contribution in [0.2, 0.25) is 0 Å². The van der Waals surface area contributed by atoms with E-state index in [4.69, 9.17) is 9.47 Å². The smallest absolute Gasteiger partial charge is 0.339 e. The molecular formula is C18H20N2O5. The minimum atomic E-state index is -0.516. The van der Waals surface area contributed by atoms with E-state index < -0.39 is 12.0 Å². The van der Waals surface area contributed by atoms with E-state index in [0.717, 1.165) is 0 Å². The number of ether oxygens (including phenoxy) is 3. The van der Waals surface area contributed by atoms with Crippen molar-refractivity contribution in [1.82, 2.24) is 5.32 Å². The lowest BCUT2D eigenvalue weighted by molar-refractivity contribution is 0.0602. The molecule has 0 aromatic heterocycles. The highest BCUT2D eigenvalue weighted by Crippen LogP contribution is 2.18. The molecule has 2 rings (SSSR count). The summed E-state index contributed by atoms with van der Waals surface area (Å²) in [5, 5.41) is 5.27. The largest absolute Gasteiger partial charge is 0.497 e. The fourth-order valence-corrected chi connectivity index (χ4v) is 2.07. The van der Waals surface area contributed by atoms with Crippen LogP contribution in [0.3, 0.4) is 0 Å². The molecule has 0 unspecified atom stereocenters. The van der Waals surface area contributed by atoms with E-state index in [-0.39, 0.29) is 5.56 Å². The molecule has 7 heteroatoms. The minimum Gasteiger partial charge on any atom is -0.497 e. The Hall–Kier alpha value is -3.22. The molecule has 0 aliphatic rings. The van der Waals surface area contributed by atoms with Crippen molar-refractivity contribution in [3.05, 3.63) is 54.1 Å². The number of amides is 2. The predicted molar refractivity (Wildman–Crippen MR) is 93.3 cm³/mol. The molecule has 0 aliphatic carbocycles. The molecule has 2 aromatic carbocycles. The van der Waals surface area contributed by atoms with Crippen LogP contribution in [0.25, 0.3) is 0 Å². The van der Waals surface area contributed by atoms with E-state index in [1.165, 1.54) is 7.11 Å². The molecular weight excluding hydrogens is 324 g/mol. The summed E-state index contributed by atoms with van der Waals surface area (Å²) in [6.07, 6.45) is 0. The van der Waals surface area contributed by atoms with Gasteiger partial charge in [-0.05, 0) is 24.3 Å². The molecule has 0 aliphatic heterocycles. The molecule has 0 radical (unpaired) electrons. The van der Waals surface area contributed by atoms with Crippen LogP contribution in [0.15, 0.2) is 48.5 Å². The number of hydrogen-bond acceptors (Lipinski definition) is 5. The molecule has 0 saturated carbocycles. The van der Waals surface area contributed by atoms with Crippen LogP contribution in [-0.4, -0.2) is 39.4 Å². The zero-order valence-electron chi connectivity index (χ0n) is 14.1. The quantitative estimate of drug-likeness (QED) is 0.596. The van der Waals surface area contributed by atoms with E-state index in [2.05, 4.69) is 15.4 Å². The maximum Gasteiger partial charge on any atom is 0.339 e. The van der Waals surface area contributed by atoms with Gasteiger partial charge in [0.2, 0.25) is 0 Å². The molecule has 25 heavy (non-hydrogen) atoms. The number of nitrogens with one attached hydrogen (secondary N) is 2. The Labute approximate surface area is 145 Å². The van der Waals surface area contributed by atoms with Gasteiger partial charge >= 0.3 is 12.0 Å². The number of urea groups is 1. The predicted octanol–water partition coefficient (Wildman–Crippen LogP) is 2.68. The second-order valence-electron chi connectivity index (χ2n) is 4.95. The molecule has 0 spiro atoms. The van der Waals surface area contributed by atoms with Crippen molar-refractivity contribution in [3.8, 4) is 11.5 Å². The third kappa shape index (κ3) is 5.42. The van der Waals surface area contributed by atoms with Gasteiger partial charge in [0.25, 0.3) is 0 Å². The molecule has 0 fully saturated rings. The zero-order valence-corrected chi connectivity index (χ0v) is 14.1. The Bertz CT molecular complexity index is 733. The Balaban J connectivity index is 1.80. The molecule has 0 bridgehead atoms. The zero-order chi connectivity index (χ0) is 18.1. The second kappa shape index (κ2) is 9.17. The van der Waals surface area contributed by atoms with Gasteiger partial charge in [-0.2, -0.15) is 0 Å². The number of rotatable bonds is 7. The number of hydrogen-bond donors (Lipinski definition) is 2. The van der Waals surface area contributed by atoms with Crippen LogP contribution in [0, 0.1) is 0 Å². The average Bonchev–Trinajstić information content (AvgIpc) is 2.65. The summed E-state index contributed by atoms with van der Waals surface area (Å²) in [6.45, 7) is 0.586. The van der Waals surface area contributed by atoms with Crippen molar-refractivity contribution < 1.29 is 23.8 Å². The topological polar surface area (TPSA) is 85.9 Å². The summed E-state index contributed by atoms with van der Waals surface area (Å²) in [7, 11) is 2.87. The first kappa shape index (κ1) is 18.1. The Morgan fingerprint density at radius 1 is 1.00 bits per heavy atom. The van der Waals surface area contributed by atoms with E-state index in [1.807, 2.05) is 12.1 Å². The summed E-state index contributed by atoms with van der Waals surface area (Å²) in [5.74, 6) is 0.831. The van der Waals surface area contributed by atoms with Crippen molar-refractivity contribution in [3.63, 3.8) is 0 Å². The lowest BCUT2D eigenvalue weighted by atomic mass is 10.2. The lowest BCUT2D eigenvalue weighted by Crippen LogP contribution is -2.32. The molecule has 132 valence electrons. The lowest BCUT2D eigenvalue weighted by Gasteiger charge is -2.11. The highest BCUT2D eigenvalue weighted by Gasteiger charge is 2.12. The van der Waals surface area contributed by atoms with Gasteiger partial charge in [0.15, 0.2) is 0 Å². The van der Waals surface area contributed by atoms with Crippen LogP contribution >= 0.6 is 0 Å². The number of para-hydroxylation sites is 1. The highest BCUT2D eigenvalue weighted by molar-refractivity contribution is 6.00. The number of benzene rings is 2. The SMILES string of the molecule is COC(=O)c1ccccc1NC(=O)NCCOc1cccc(OC)c1. The van der Waals surface area contributed by atoms with Crippen molar-refractivity contribution in [2.75, 3.05) is 32.7 Å². The highest BCUT2D eigenvalue weighted by atomic mass is 16.5. The van der Waals surface area contributed by atoms with Crippen LogP contribution in [0.1, 0.15) is 10.4 Å². The number of anilines is 1. The first-order valence-corrected chi connectivity index (χ1v) is 7.63. The van der Waals surface area contributed by atoms with E-state index >= 15 is 0 Å². The van der Waals surface area contributed by atoms with E-state index in [1.54, 1.807) is 43.5 Å². The fourth-order valence-electron chi connectivity index (χ4n) is 2.07. The van der Waals surface area contributed by atoms with Crippen LogP contribution in [0.4, 0.5) is 10.5 Å². The van der Waals surface area contributed by atoms with Crippen molar-refractivity contribution in [1.29, 1.82) is 0 Å². The number of esters is 1. The van der Waals surface area contributed by atoms with Crippen molar-refractivity contribution in [2.24, 2.45) is 0 Å². The molecule has 7 nitrogen and oxygen atoms in total. The summed E-state index contributed by atoms with van der Waals surface area (Å²) in [6, 6.07) is 13.4. The number of carbonyl (C=O) groups is 2. The Morgan fingerprint density at radius 2 is 1.76 bits per heavy atom. The Kier molecular flexibility index (Phi) is 6.65. The van der Waals surface area contributed by atoms with Crippen molar-refractivity contribution >= 4 is 17.7 Å². The average molecular weight is 344 g/mol. The number of methoxy groups -OCH3 is 2. The summed E-state index contributed by atoms with van der Waals surface area (Å²) < 4.78 is 15.3. The van der Waals surface area contributed by atoms with E-state index in [0.29, 0.717) is 30.3 Å². The van der Waals surface area contributed by atoms with Gasteiger partial charge in [0.1, 0.15) is 18.1 Å². The van der Waals surface area contributed by atoms with Gasteiger partial charge in [-0.25, -0.2) is 9.59 Å². The van der Waals surface area contributed by atoms with Gasteiger partial charge < -0.3 is 24.8 Å². The van der Waals surface area contributed by atoms with Gasteiger partial charge in [-0.1, -0.05) is 18.2 Å². The molecule has 2 aromatic rings. The van der Waals surface area contributed by atoms with Crippen molar-refractivity contribution in [2.45, 2.75) is 0 Å². The first-order chi connectivity index (χ1) is 12.1. The van der Waals surface area contributed by atoms with Gasteiger partial charge in [-0.3, -0.25) is 0 Å². The van der Waals surface area contributed by atoms with Gasteiger partial charge in [0.05, 0.1) is 32.0 Å². The second-order valence-corrected chi connectivity index (χ2v) is 4.95. The molecule has 0 atom stereocenters. The van der Waals surface area contributed by atoms with Crippen LogP contribution < -0.4 is 20.1 Å². The number of carbonyl (C=O) groups excluding carboxylic acids is 2. The molecule has 0 saturated heterocycles. The maximum atomic E-state index is 11.9. The van der Waals surface area contributed by atoms with Gasteiger partial charge in [-0.15, -0.1) is 0 Å². The van der Waals surface area contributed by atoms with Crippen LogP contribution in [0.5, 0.6) is 11.5 Å². The van der Waals surface area contributed by atoms with Gasteiger partial charge in [0, 0.05) is 6.07 Å². The summed E-state index contributed by atoms with van der Waals surface area (Å²) in [5.41, 5.74) is 0.661. The normalized spacial score (nSPS) is 9.84. The summed E-state index contributed by atoms with van der Waals surface area (Å²) in [4.78, 5) is 23.6. The monoisotopic (exact) mass is 344 g/mol. The molecule has 0 heterocycles. The minimum absolute atomic E-state index is 0.285. The Morgan fingerprint density at radius 3 is 2.52 bits per heavy atom. The standard InChI is InChI=1S/C18H20N2O5/c1-23-13-6-5-7-14(12-13)25-11-10-19-18(22)20-16-9-4-3-8-15(16)17(21)24-2/h3-9,12H,10-11H2,1-2H3,(H2,19,20,22). The fraction of sp³-hybridized carbons (Fsp3) is 0.222. The third-order valence-electron chi connectivity index (χ3n) is 3.28. The molecule has 2 N–H and O–H groups in total. The first-order valence-electron chi connectivity index (χ1n) is 7.63. The van der Waals surface area contributed by atoms with Crippen LogP contribution in [-0.2, 0) is 4.74 Å². The summed E-state index contributed by atoms with van der Waals surface area (Å²) >= 11 is 0. The third-order valence-corrected chi connectivity index (χ3v) is 3.28. The molecule has 2 amide bonds.